The lowest BCUT2D eigenvalue weighted by molar-refractivity contribution is 0.0976. The highest BCUT2D eigenvalue weighted by Crippen LogP contribution is 2.17. The molecule has 0 saturated carbocycles. The van der Waals surface area contributed by atoms with Crippen LogP contribution in [0.25, 0.3) is 6.08 Å². The zero-order valence-corrected chi connectivity index (χ0v) is 12.2. The largest absolute Gasteiger partial charge is 0.310 e. The van der Waals surface area contributed by atoms with Crippen molar-refractivity contribution in [2.45, 2.75) is 27.2 Å². The van der Waals surface area contributed by atoms with E-state index in [9.17, 15) is 4.79 Å². The Balaban J connectivity index is 2.00. The number of benzene rings is 1. The van der Waals surface area contributed by atoms with E-state index in [0.29, 0.717) is 17.8 Å². The first-order valence-corrected chi connectivity index (χ1v) is 6.76. The minimum Gasteiger partial charge on any atom is -0.310 e. The highest BCUT2D eigenvalue weighted by molar-refractivity contribution is 6.07. The first-order valence-electron chi connectivity index (χ1n) is 6.76. The molecule has 0 radical (unpaired) electrons. The molecule has 0 atom stereocenters. The van der Waals surface area contributed by atoms with Gasteiger partial charge in [0.05, 0.1) is 0 Å². The van der Waals surface area contributed by atoms with Gasteiger partial charge < -0.3 is 5.32 Å². The predicted octanol–water partition coefficient (Wildman–Crippen LogP) is 3.79. The summed E-state index contributed by atoms with van der Waals surface area (Å²) in [5.41, 5.74) is 1.90. The van der Waals surface area contributed by atoms with Gasteiger partial charge in [0.2, 0.25) is 0 Å². The van der Waals surface area contributed by atoms with Gasteiger partial charge in [-0.1, -0.05) is 51.1 Å². The fourth-order valence-corrected chi connectivity index (χ4v) is 1.74. The molecule has 1 aromatic carbocycles. The SMILES string of the molecule is CC(C)(C)/C=C/c1ccc(C(=O)NC2=NC=CC2)cc1. The third kappa shape index (κ3) is 4.19. The quantitative estimate of drug-likeness (QED) is 0.871. The molecule has 0 fully saturated rings. The predicted molar refractivity (Wildman–Crippen MR) is 83.6 cm³/mol. The van der Waals surface area contributed by atoms with Gasteiger partial charge in [0.25, 0.3) is 5.91 Å². The molecule has 1 aliphatic rings. The van der Waals surface area contributed by atoms with Crippen LogP contribution < -0.4 is 5.32 Å². The molecular formula is C17H20N2O. The van der Waals surface area contributed by atoms with Crippen molar-refractivity contribution in [3.63, 3.8) is 0 Å². The third-order valence-corrected chi connectivity index (χ3v) is 2.85. The summed E-state index contributed by atoms with van der Waals surface area (Å²) in [5, 5.41) is 2.80. The monoisotopic (exact) mass is 268 g/mol. The molecule has 0 aliphatic carbocycles. The molecule has 3 heteroatoms. The molecular weight excluding hydrogens is 248 g/mol. The molecule has 0 aromatic heterocycles. The molecule has 3 nitrogen and oxygen atoms in total. The molecule has 1 aromatic rings. The van der Waals surface area contributed by atoms with Gasteiger partial charge in [0.1, 0.15) is 5.84 Å². The Morgan fingerprint density at radius 2 is 1.95 bits per heavy atom. The van der Waals surface area contributed by atoms with E-state index in [0.717, 1.165) is 5.56 Å². The molecule has 2 rings (SSSR count). The van der Waals surface area contributed by atoms with Crippen LogP contribution >= 0.6 is 0 Å². The van der Waals surface area contributed by atoms with Gasteiger partial charge in [-0.05, 0) is 23.1 Å². The maximum atomic E-state index is 12.0. The highest BCUT2D eigenvalue weighted by Gasteiger charge is 2.09. The second-order valence-electron chi connectivity index (χ2n) is 5.94. The lowest BCUT2D eigenvalue weighted by Crippen LogP contribution is -2.29. The maximum absolute atomic E-state index is 12.0. The normalized spacial score (nSPS) is 14.7. The fraction of sp³-hybridized carbons (Fsp3) is 0.294. The number of amidine groups is 1. The van der Waals surface area contributed by atoms with E-state index < -0.39 is 0 Å². The van der Waals surface area contributed by atoms with Crippen molar-refractivity contribution < 1.29 is 4.79 Å². The molecule has 1 amide bonds. The summed E-state index contributed by atoms with van der Waals surface area (Å²) in [4.78, 5) is 16.1. The van der Waals surface area contributed by atoms with Crippen molar-refractivity contribution in [3.8, 4) is 0 Å². The molecule has 1 aliphatic heterocycles. The Labute approximate surface area is 120 Å². The van der Waals surface area contributed by atoms with Crippen LogP contribution in [0.3, 0.4) is 0 Å². The van der Waals surface area contributed by atoms with Gasteiger partial charge in [-0.3, -0.25) is 4.79 Å². The summed E-state index contributed by atoms with van der Waals surface area (Å²) in [6.45, 7) is 6.46. The zero-order chi connectivity index (χ0) is 14.6. The number of carbonyl (C=O) groups excluding carboxylic acids is 1. The topological polar surface area (TPSA) is 41.5 Å². The number of rotatable bonds is 2. The van der Waals surface area contributed by atoms with E-state index in [1.165, 1.54) is 0 Å². The number of amides is 1. The van der Waals surface area contributed by atoms with Crippen molar-refractivity contribution in [3.05, 3.63) is 53.7 Å². The minimum absolute atomic E-state index is 0.112. The molecule has 20 heavy (non-hydrogen) atoms. The number of allylic oxidation sites excluding steroid dienone is 1. The van der Waals surface area contributed by atoms with Gasteiger partial charge in [-0.15, -0.1) is 0 Å². The zero-order valence-electron chi connectivity index (χ0n) is 12.2. The van der Waals surface area contributed by atoms with Crippen molar-refractivity contribution in [2.24, 2.45) is 10.4 Å². The standard InChI is InChI=1S/C17H20N2O/c1-17(2,3)11-10-13-6-8-14(9-7-13)16(20)19-15-5-4-12-18-15/h4,6-12H,5H2,1-3H3,(H,18,19,20)/b11-10+. The fourth-order valence-electron chi connectivity index (χ4n) is 1.74. The Bertz CT molecular complexity index is 572. The summed E-state index contributed by atoms with van der Waals surface area (Å²) in [5.74, 6) is 0.588. The number of nitrogens with one attached hydrogen (secondary N) is 1. The second-order valence-corrected chi connectivity index (χ2v) is 5.94. The van der Waals surface area contributed by atoms with E-state index in [1.807, 2.05) is 30.3 Å². The Kier molecular flexibility index (Phi) is 4.18. The summed E-state index contributed by atoms with van der Waals surface area (Å²) >= 11 is 0. The number of hydrogen-bond donors (Lipinski definition) is 1. The first kappa shape index (κ1) is 14.3. The highest BCUT2D eigenvalue weighted by atomic mass is 16.1. The van der Waals surface area contributed by atoms with Gasteiger partial charge >= 0.3 is 0 Å². The van der Waals surface area contributed by atoms with Crippen molar-refractivity contribution in [1.82, 2.24) is 5.32 Å². The minimum atomic E-state index is -0.112. The van der Waals surface area contributed by atoms with E-state index in [-0.39, 0.29) is 11.3 Å². The van der Waals surface area contributed by atoms with Crippen LogP contribution in [0.1, 0.15) is 43.1 Å². The van der Waals surface area contributed by atoms with Crippen LogP contribution in [0.5, 0.6) is 0 Å². The van der Waals surface area contributed by atoms with E-state index in [4.69, 9.17) is 0 Å². The Morgan fingerprint density at radius 1 is 1.25 bits per heavy atom. The summed E-state index contributed by atoms with van der Waals surface area (Å²) in [6.07, 6.45) is 8.54. The van der Waals surface area contributed by atoms with Crippen molar-refractivity contribution in [2.75, 3.05) is 0 Å². The molecule has 0 bridgehead atoms. The number of nitrogens with zero attached hydrogens (tertiary/aromatic N) is 1. The van der Waals surface area contributed by atoms with Crippen LogP contribution in [-0.2, 0) is 0 Å². The molecule has 0 unspecified atom stereocenters. The molecule has 104 valence electrons. The summed E-state index contributed by atoms with van der Waals surface area (Å²) < 4.78 is 0. The van der Waals surface area contributed by atoms with Crippen LogP contribution in [0.2, 0.25) is 0 Å². The average molecular weight is 268 g/mol. The summed E-state index contributed by atoms with van der Waals surface area (Å²) in [7, 11) is 0. The van der Waals surface area contributed by atoms with Gasteiger partial charge in [-0.2, -0.15) is 0 Å². The maximum Gasteiger partial charge on any atom is 0.256 e. The van der Waals surface area contributed by atoms with Gasteiger partial charge in [0.15, 0.2) is 0 Å². The van der Waals surface area contributed by atoms with Gasteiger partial charge in [-0.25, -0.2) is 4.99 Å². The van der Waals surface area contributed by atoms with Crippen LogP contribution in [0.4, 0.5) is 0 Å². The number of carbonyl (C=O) groups is 1. The summed E-state index contributed by atoms with van der Waals surface area (Å²) in [6, 6.07) is 7.57. The average Bonchev–Trinajstić information content (AvgIpc) is 2.89. The molecule has 0 spiro atoms. The lowest BCUT2D eigenvalue weighted by atomic mass is 9.95. The smallest absolute Gasteiger partial charge is 0.256 e. The van der Waals surface area contributed by atoms with Crippen LogP contribution in [-0.4, -0.2) is 11.7 Å². The number of hydrogen-bond acceptors (Lipinski definition) is 2. The number of aliphatic imine (C=N–C) groups is 1. The molecule has 1 heterocycles. The first-order chi connectivity index (χ1) is 9.44. The lowest BCUT2D eigenvalue weighted by Gasteiger charge is -2.11. The van der Waals surface area contributed by atoms with Crippen LogP contribution in [0.15, 0.2) is 47.6 Å². The van der Waals surface area contributed by atoms with E-state index >= 15 is 0 Å². The van der Waals surface area contributed by atoms with Crippen molar-refractivity contribution in [1.29, 1.82) is 0 Å². The Hall–Kier alpha value is -2.16. The molecule has 1 N–H and O–H groups in total. The van der Waals surface area contributed by atoms with Crippen LogP contribution in [0, 0.1) is 5.41 Å². The van der Waals surface area contributed by atoms with E-state index in [1.54, 1.807) is 6.20 Å². The third-order valence-electron chi connectivity index (χ3n) is 2.85. The van der Waals surface area contributed by atoms with E-state index in [2.05, 4.69) is 43.2 Å². The Morgan fingerprint density at radius 3 is 2.50 bits per heavy atom. The molecule has 0 saturated heterocycles. The second kappa shape index (κ2) is 5.87. The van der Waals surface area contributed by atoms with Crippen molar-refractivity contribution >= 4 is 17.8 Å². The van der Waals surface area contributed by atoms with Gasteiger partial charge in [0, 0.05) is 18.2 Å².